The minimum absolute atomic E-state index is 0.244. The molecule has 2 fully saturated rings. The van der Waals surface area contributed by atoms with Crippen molar-refractivity contribution in [3.05, 3.63) is 41.3 Å². The van der Waals surface area contributed by atoms with E-state index in [9.17, 15) is 13.2 Å². The minimum Gasteiger partial charge on any atom is -0.300 e. The molecule has 0 spiro atoms. The summed E-state index contributed by atoms with van der Waals surface area (Å²) in [5.74, 6) is 1.85. The molecule has 0 unspecified atom stereocenters. The van der Waals surface area contributed by atoms with E-state index in [0.717, 1.165) is 39.9 Å². The van der Waals surface area contributed by atoms with Crippen LogP contribution in [0.3, 0.4) is 0 Å². The monoisotopic (exact) mass is 366 g/mol. The summed E-state index contributed by atoms with van der Waals surface area (Å²) in [5.41, 5.74) is 0.803. The number of carbonyl (C=O) groups excluding carboxylic acids is 1. The third kappa shape index (κ3) is 4.20. The fraction of sp³-hybridized carbons (Fsp3) is 0.471. The van der Waals surface area contributed by atoms with E-state index in [1.54, 1.807) is 6.08 Å². The summed E-state index contributed by atoms with van der Waals surface area (Å²) in [5, 5.41) is 1.16. The van der Waals surface area contributed by atoms with Crippen LogP contribution in [0, 0.1) is 0 Å². The standard InChI is InChI=1S/C17H22N2O3S2/c20-17-7-6-16(14-18-9-11-23-12-10-18)19(17)24(21,22)13-8-15-4-2-1-3-5-15/h1-5,8,13,16H,6-7,9-12,14H2/b13-8+/t16-/m0/s1. The highest BCUT2D eigenvalue weighted by molar-refractivity contribution is 7.99. The smallest absolute Gasteiger partial charge is 0.259 e. The second-order valence-electron chi connectivity index (χ2n) is 6.05. The van der Waals surface area contributed by atoms with Gasteiger partial charge in [-0.2, -0.15) is 11.8 Å². The van der Waals surface area contributed by atoms with Crippen molar-refractivity contribution in [1.82, 2.24) is 9.21 Å². The van der Waals surface area contributed by atoms with E-state index in [2.05, 4.69) is 4.90 Å². The fourth-order valence-corrected chi connectivity index (χ4v) is 5.51. The van der Waals surface area contributed by atoms with Crippen LogP contribution in [0.1, 0.15) is 18.4 Å². The summed E-state index contributed by atoms with van der Waals surface area (Å²) in [6.07, 6.45) is 2.47. The summed E-state index contributed by atoms with van der Waals surface area (Å²) in [6.45, 7) is 2.57. The highest BCUT2D eigenvalue weighted by atomic mass is 32.2. The topological polar surface area (TPSA) is 57.7 Å². The van der Waals surface area contributed by atoms with E-state index < -0.39 is 10.0 Å². The van der Waals surface area contributed by atoms with Crippen molar-refractivity contribution in [2.45, 2.75) is 18.9 Å². The van der Waals surface area contributed by atoms with Crippen molar-refractivity contribution in [3.63, 3.8) is 0 Å². The molecule has 0 aromatic heterocycles. The first kappa shape index (κ1) is 17.5. The van der Waals surface area contributed by atoms with Gasteiger partial charge in [0.1, 0.15) is 0 Å². The number of benzene rings is 1. The molecule has 0 N–H and O–H groups in total. The maximum atomic E-state index is 12.7. The molecular formula is C17H22N2O3S2. The molecule has 130 valence electrons. The molecule has 5 nitrogen and oxygen atoms in total. The summed E-state index contributed by atoms with van der Waals surface area (Å²) in [4.78, 5) is 14.4. The Morgan fingerprint density at radius 3 is 2.58 bits per heavy atom. The summed E-state index contributed by atoms with van der Waals surface area (Å²) >= 11 is 1.92. The van der Waals surface area contributed by atoms with Gasteiger partial charge in [0.05, 0.1) is 11.4 Å². The van der Waals surface area contributed by atoms with Gasteiger partial charge >= 0.3 is 0 Å². The van der Waals surface area contributed by atoms with Crippen molar-refractivity contribution in [3.8, 4) is 0 Å². The number of hydrogen-bond acceptors (Lipinski definition) is 5. The Morgan fingerprint density at radius 1 is 1.17 bits per heavy atom. The van der Waals surface area contributed by atoms with Crippen LogP contribution in [0.15, 0.2) is 35.7 Å². The average molecular weight is 367 g/mol. The van der Waals surface area contributed by atoms with Crippen molar-refractivity contribution in [2.24, 2.45) is 0 Å². The average Bonchev–Trinajstić information content (AvgIpc) is 2.96. The van der Waals surface area contributed by atoms with Gasteiger partial charge in [0.15, 0.2) is 0 Å². The van der Waals surface area contributed by atoms with E-state index >= 15 is 0 Å². The SMILES string of the molecule is O=C1CC[C@@H](CN2CCSCC2)N1S(=O)(=O)/C=C/c1ccccc1. The number of amides is 1. The first-order chi connectivity index (χ1) is 11.6. The molecule has 2 heterocycles. The lowest BCUT2D eigenvalue weighted by atomic mass is 10.2. The lowest BCUT2D eigenvalue weighted by molar-refractivity contribution is -0.124. The molecule has 1 atom stereocenters. The minimum atomic E-state index is -3.74. The Morgan fingerprint density at radius 2 is 1.88 bits per heavy atom. The van der Waals surface area contributed by atoms with Gasteiger partial charge in [0.2, 0.25) is 5.91 Å². The molecule has 1 aromatic rings. The summed E-state index contributed by atoms with van der Waals surface area (Å²) < 4.78 is 26.4. The molecule has 1 amide bonds. The van der Waals surface area contributed by atoms with E-state index in [1.807, 2.05) is 42.1 Å². The predicted molar refractivity (Wildman–Crippen MR) is 98.0 cm³/mol. The van der Waals surface area contributed by atoms with Crippen molar-refractivity contribution in [1.29, 1.82) is 0 Å². The number of nitrogens with zero attached hydrogens (tertiary/aromatic N) is 2. The van der Waals surface area contributed by atoms with Gasteiger partial charge in [-0.25, -0.2) is 12.7 Å². The normalized spacial score (nSPS) is 23.2. The molecule has 2 aliphatic heterocycles. The molecule has 0 radical (unpaired) electrons. The maximum Gasteiger partial charge on any atom is 0.259 e. The van der Waals surface area contributed by atoms with Crippen LogP contribution in [-0.4, -0.2) is 60.7 Å². The zero-order valence-corrected chi connectivity index (χ0v) is 15.1. The van der Waals surface area contributed by atoms with E-state index in [4.69, 9.17) is 0 Å². The van der Waals surface area contributed by atoms with Gasteiger partial charge in [-0.1, -0.05) is 30.3 Å². The molecule has 0 aliphatic carbocycles. The fourth-order valence-electron chi connectivity index (χ4n) is 3.11. The summed E-state index contributed by atoms with van der Waals surface area (Å²) in [6, 6.07) is 9.00. The number of rotatable bonds is 5. The highest BCUT2D eigenvalue weighted by Gasteiger charge is 2.39. The lowest BCUT2D eigenvalue weighted by Crippen LogP contribution is -2.46. The summed E-state index contributed by atoms with van der Waals surface area (Å²) in [7, 11) is -3.74. The van der Waals surface area contributed by atoms with Crippen LogP contribution >= 0.6 is 11.8 Å². The van der Waals surface area contributed by atoms with Crippen LogP contribution in [0.5, 0.6) is 0 Å². The first-order valence-corrected chi connectivity index (χ1v) is 10.8. The molecule has 7 heteroatoms. The lowest BCUT2D eigenvalue weighted by Gasteiger charge is -2.31. The molecule has 1 aromatic carbocycles. The van der Waals surface area contributed by atoms with Crippen molar-refractivity contribution < 1.29 is 13.2 Å². The molecular weight excluding hydrogens is 344 g/mol. The molecule has 0 saturated carbocycles. The van der Waals surface area contributed by atoms with Crippen LogP contribution < -0.4 is 0 Å². The van der Waals surface area contributed by atoms with Gasteiger partial charge in [-0.3, -0.25) is 9.69 Å². The highest BCUT2D eigenvalue weighted by Crippen LogP contribution is 2.25. The van der Waals surface area contributed by atoms with Crippen LogP contribution in [0.2, 0.25) is 0 Å². The molecule has 2 saturated heterocycles. The van der Waals surface area contributed by atoms with Crippen molar-refractivity contribution in [2.75, 3.05) is 31.1 Å². The Balaban J connectivity index is 1.73. The largest absolute Gasteiger partial charge is 0.300 e. The van der Waals surface area contributed by atoms with E-state index in [-0.39, 0.29) is 11.9 Å². The number of sulfonamides is 1. The van der Waals surface area contributed by atoms with Crippen LogP contribution in [0.4, 0.5) is 0 Å². The quantitative estimate of drug-likeness (QED) is 0.798. The second-order valence-corrected chi connectivity index (χ2v) is 8.97. The van der Waals surface area contributed by atoms with Gasteiger partial charge in [0, 0.05) is 37.6 Å². The van der Waals surface area contributed by atoms with Gasteiger partial charge in [-0.15, -0.1) is 0 Å². The molecule has 3 rings (SSSR count). The van der Waals surface area contributed by atoms with Crippen LogP contribution in [-0.2, 0) is 14.8 Å². The van der Waals surface area contributed by atoms with Crippen LogP contribution in [0.25, 0.3) is 6.08 Å². The Bertz CT molecular complexity index is 698. The third-order valence-corrected chi connectivity index (χ3v) is 6.82. The molecule has 24 heavy (non-hydrogen) atoms. The number of carbonyl (C=O) groups is 1. The third-order valence-electron chi connectivity index (χ3n) is 4.35. The number of thioether (sulfide) groups is 1. The molecule has 2 aliphatic rings. The second kappa shape index (κ2) is 7.72. The van der Waals surface area contributed by atoms with E-state index in [0.29, 0.717) is 19.4 Å². The predicted octanol–water partition coefficient (Wildman–Crippen LogP) is 2.03. The van der Waals surface area contributed by atoms with Crippen molar-refractivity contribution >= 4 is 33.8 Å². The zero-order valence-electron chi connectivity index (χ0n) is 13.5. The zero-order chi connectivity index (χ0) is 17.0. The van der Waals surface area contributed by atoms with Gasteiger partial charge < -0.3 is 0 Å². The number of hydrogen-bond donors (Lipinski definition) is 0. The van der Waals surface area contributed by atoms with Gasteiger partial charge in [-0.05, 0) is 18.1 Å². The Labute approximate surface area is 147 Å². The first-order valence-electron chi connectivity index (χ1n) is 8.17. The Kier molecular flexibility index (Phi) is 5.63. The molecule has 0 bridgehead atoms. The maximum absolute atomic E-state index is 12.7. The van der Waals surface area contributed by atoms with E-state index in [1.165, 1.54) is 0 Å². The Hall–Kier alpha value is -1.31. The van der Waals surface area contributed by atoms with Gasteiger partial charge in [0.25, 0.3) is 10.0 Å².